The fourth-order valence-electron chi connectivity index (χ4n) is 3.09. The minimum atomic E-state index is -1.000. The Morgan fingerprint density at radius 1 is 1.36 bits per heavy atom. The van der Waals surface area contributed by atoms with E-state index >= 15 is 0 Å². The Morgan fingerprint density at radius 3 is 2.80 bits per heavy atom. The van der Waals surface area contributed by atoms with Gasteiger partial charge in [-0.2, -0.15) is 0 Å². The number of hydrogen-bond donors (Lipinski definition) is 3. The number of nitrogens with one attached hydrogen (secondary N) is 1. The van der Waals surface area contributed by atoms with Crippen LogP contribution in [-0.4, -0.2) is 61.4 Å². The van der Waals surface area contributed by atoms with Crippen molar-refractivity contribution in [3.05, 3.63) is 35.9 Å². The third-order valence-electron chi connectivity index (χ3n) is 4.21. The van der Waals surface area contributed by atoms with Crippen LogP contribution in [0.5, 0.6) is 0 Å². The van der Waals surface area contributed by atoms with Crippen molar-refractivity contribution in [3.8, 4) is 0 Å². The molecule has 2 aliphatic rings. The maximum Gasteiger partial charge on any atom is 0.217 e. The second-order valence-electron chi connectivity index (χ2n) is 6.10. The van der Waals surface area contributed by atoms with E-state index in [1.54, 1.807) is 0 Å². The van der Waals surface area contributed by atoms with Crippen LogP contribution in [0.25, 0.3) is 0 Å². The molecule has 2 saturated heterocycles. The maximum absolute atomic E-state index is 11.5. The molecule has 0 bridgehead atoms. The minimum Gasteiger partial charge on any atom is -0.388 e. The van der Waals surface area contributed by atoms with Crippen LogP contribution in [0.4, 0.5) is 0 Å². The fraction of sp³-hybridized carbons (Fsp3) is 0.588. The summed E-state index contributed by atoms with van der Waals surface area (Å²) in [5.74, 6) is -0.292. The van der Waals surface area contributed by atoms with Crippen LogP contribution in [-0.2, 0) is 23.7 Å². The number of aliphatic hydroxyl groups excluding tert-OH is 1. The zero-order chi connectivity index (χ0) is 17.8. The molecular weight excluding hydrogens is 328 g/mol. The Hall–Kier alpha value is -1.55. The van der Waals surface area contributed by atoms with Crippen molar-refractivity contribution in [1.82, 2.24) is 5.32 Å². The largest absolute Gasteiger partial charge is 0.388 e. The molecule has 138 valence electrons. The number of carbonyl (C=O) groups excluding carboxylic acids is 1. The molecule has 25 heavy (non-hydrogen) atoms. The number of fused-ring (bicyclic) bond motifs is 1. The molecule has 1 aromatic carbocycles. The summed E-state index contributed by atoms with van der Waals surface area (Å²) < 4.78 is 23.1. The molecule has 3 rings (SSSR count). The van der Waals surface area contributed by atoms with Gasteiger partial charge in [0.2, 0.25) is 5.91 Å². The summed E-state index contributed by atoms with van der Waals surface area (Å²) in [6, 6.07) is 8.70. The van der Waals surface area contributed by atoms with Gasteiger partial charge in [0.1, 0.15) is 24.4 Å². The molecule has 1 aromatic rings. The monoisotopic (exact) mass is 352 g/mol. The highest BCUT2D eigenvalue weighted by Gasteiger charge is 2.50. The molecule has 2 fully saturated rings. The molecule has 0 aliphatic carbocycles. The van der Waals surface area contributed by atoms with Crippen molar-refractivity contribution in [2.75, 3.05) is 19.8 Å². The van der Waals surface area contributed by atoms with Crippen LogP contribution in [0.1, 0.15) is 18.8 Å². The van der Waals surface area contributed by atoms with Gasteiger partial charge in [0.25, 0.3) is 0 Å². The van der Waals surface area contributed by atoms with Crippen LogP contribution in [0.3, 0.4) is 0 Å². The lowest BCUT2D eigenvalue weighted by Gasteiger charge is -2.47. The SMILES string of the molecule is CC(=O)N[C@H]1[C@H](OCCN)O[C@@H]2COC(c3ccccc3)O[C@H]2[C@@H]1O. The Labute approximate surface area is 146 Å². The molecule has 1 amide bonds. The lowest BCUT2D eigenvalue weighted by molar-refractivity contribution is -0.343. The molecular formula is C17H24N2O6. The first-order valence-corrected chi connectivity index (χ1v) is 8.34. The zero-order valence-corrected chi connectivity index (χ0v) is 14.0. The molecule has 2 aliphatic heterocycles. The Morgan fingerprint density at radius 2 is 2.12 bits per heavy atom. The quantitative estimate of drug-likeness (QED) is 0.665. The van der Waals surface area contributed by atoms with Crippen LogP contribution in [0.2, 0.25) is 0 Å². The molecule has 6 atom stereocenters. The predicted molar refractivity (Wildman–Crippen MR) is 87.3 cm³/mol. The van der Waals surface area contributed by atoms with Gasteiger partial charge in [-0.3, -0.25) is 4.79 Å². The van der Waals surface area contributed by atoms with Crippen molar-refractivity contribution >= 4 is 5.91 Å². The second kappa shape index (κ2) is 8.22. The summed E-state index contributed by atoms with van der Waals surface area (Å²) in [5.41, 5.74) is 6.31. The van der Waals surface area contributed by atoms with E-state index < -0.39 is 36.9 Å². The van der Waals surface area contributed by atoms with Gasteiger partial charge in [-0.1, -0.05) is 30.3 Å². The van der Waals surface area contributed by atoms with Crippen molar-refractivity contribution in [2.24, 2.45) is 5.73 Å². The van der Waals surface area contributed by atoms with Crippen LogP contribution in [0.15, 0.2) is 30.3 Å². The summed E-state index contributed by atoms with van der Waals surface area (Å²) in [5, 5.41) is 13.4. The maximum atomic E-state index is 11.5. The summed E-state index contributed by atoms with van der Waals surface area (Å²) in [7, 11) is 0. The van der Waals surface area contributed by atoms with E-state index in [2.05, 4.69) is 5.32 Å². The second-order valence-corrected chi connectivity index (χ2v) is 6.10. The Kier molecular flexibility index (Phi) is 6.00. The van der Waals surface area contributed by atoms with E-state index in [-0.39, 0.29) is 19.1 Å². The van der Waals surface area contributed by atoms with Gasteiger partial charge in [-0.15, -0.1) is 0 Å². The van der Waals surface area contributed by atoms with Gasteiger partial charge in [0, 0.05) is 19.0 Å². The van der Waals surface area contributed by atoms with Gasteiger partial charge in [0.15, 0.2) is 12.6 Å². The van der Waals surface area contributed by atoms with E-state index in [1.165, 1.54) is 6.92 Å². The number of hydrogen-bond acceptors (Lipinski definition) is 7. The molecule has 0 radical (unpaired) electrons. The normalized spacial score (nSPS) is 35.0. The van der Waals surface area contributed by atoms with Crippen molar-refractivity contribution < 1.29 is 28.8 Å². The summed E-state index contributed by atoms with van der Waals surface area (Å²) >= 11 is 0. The lowest BCUT2D eigenvalue weighted by Crippen LogP contribution is -2.66. The van der Waals surface area contributed by atoms with E-state index in [9.17, 15) is 9.90 Å². The molecule has 4 N–H and O–H groups in total. The van der Waals surface area contributed by atoms with Crippen molar-refractivity contribution in [1.29, 1.82) is 0 Å². The Balaban J connectivity index is 1.74. The summed E-state index contributed by atoms with van der Waals surface area (Å²) in [6.07, 6.45) is -3.55. The number of benzene rings is 1. The first-order valence-electron chi connectivity index (χ1n) is 8.34. The van der Waals surface area contributed by atoms with Gasteiger partial charge in [-0.05, 0) is 0 Å². The number of rotatable bonds is 5. The standard InChI is InChI=1S/C17H24N2O6/c1-10(20)19-13-14(21)15-12(24-17(13)22-8-7-18)9-23-16(25-15)11-5-3-2-4-6-11/h2-6,12-17,21H,7-9,18H2,1H3,(H,19,20)/t12-,13-,14-,15-,16?,17-/m1/s1. The first kappa shape index (κ1) is 18.2. The minimum absolute atomic E-state index is 0.247. The molecule has 8 heteroatoms. The summed E-state index contributed by atoms with van der Waals surface area (Å²) in [4.78, 5) is 11.5. The molecule has 0 saturated carbocycles. The first-order chi connectivity index (χ1) is 12.1. The number of nitrogens with two attached hydrogens (primary N) is 1. The van der Waals surface area contributed by atoms with E-state index in [1.807, 2.05) is 30.3 Å². The number of aliphatic hydroxyl groups is 1. The van der Waals surface area contributed by atoms with Gasteiger partial charge < -0.3 is 35.1 Å². The van der Waals surface area contributed by atoms with Crippen LogP contribution >= 0.6 is 0 Å². The van der Waals surface area contributed by atoms with E-state index in [4.69, 9.17) is 24.7 Å². The van der Waals surface area contributed by atoms with Crippen molar-refractivity contribution in [2.45, 2.75) is 43.9 Å². The predicted octanol–water partition coefficient (Wildman–Crippen LogP) is -0.334. The smallest absolute Gasteiger partial charge is 0.217 e. The van der Waals surface area contributed by atoms with Gasteiger partial charge >= 0.3 is 0 Å². The Bertz CT molecular complexity index is 572. The average molecular weight is 352 g/mol. The van der Waals surface area contributed by atoms with Crippen molar-refractivity contribution in [3.63, 3.8) is 0 Å². The molecule has 2 heterocycles. The lowest BCUT2D eigenvalue weighted by atomic mass is 9.95. The van der Waals surface area contributed by atoms with Crippen LogP contribution < -0.4 is 11.1 Å². The van der Waals surface area contributed by atoms with E-state index in [0.717, 1.165) is 5.56 Å². The van der Waals surface area contributed by atoms with Gasteiger partial charge in [-0.25, -0.2) is 0 Å². The molecule has 0 aromatic heterocycles. The summed E-state index contributed by atoms with van der Waals surface area (Å²) in [6.45, 7) is 2.17. The highest BCUT2D eigenvalue weighted by molar-refractivity contribution is 5.73. The number of ether oxygens (including phenoxy) is 4. The van der Waals surface area contributed by atoms with Crippen LogP contribution in [0, 0.1) is 0 Å². The molecule has 1 unspecified atom stereocenters. The highest BCUT2D eigenvalue weighted by atomic mass is 16.7. The third-order valence-corrected chi connectivity index (χ3v) is 4.21. The molecule has 8 nitrogen and oxygen atoms in total. The fourth-order valence-corrected chi connectivity index (χ4v) is 3.09. The third kappa shape index (κ3) is 4.17. The highest BCUT2D eigenvalue weighted by Crippen LogP contribution is 2.34. The number of amides is 1. The zero-order valence-electron chi connectivity index (χ0n) is 14.0. The van der Waals surface area contributed by atoms with Gasteiger partial charge in [0.05, 0.1) is 13.2 Å². The average Bonchev–Trinajstić information content (AvgIpc) is 2.63. The number of carbonyl (C=O) groups is 1. The van der Waals surface area contributed by atoms with E-state index in [0.29, 0.717) is 6.54 Å². The topological polar surface area (TPSA) is 112 Å². The molecule has 0 spiro atoms.